The summed E-state index contributed by atoms with van der Waals surface area (Å²) in [4.78, 5) is 24.4. The number of aromatic nitrogens is 3. The number of fused-ring (bicyclic) bond motifs is 1. The van der Waals surface area contributed by atoms with E-state index in [0.717, 1.165) is 38.6 Å². The van der Waals surface area contributed by atoms with Crippen LogP contribution in [0.3, 0.4) is 0 Å². The summed E-state index contributed by atoms with van der Waals surface area (Å²) in [7, 11) is -3.56. The van der Waals surface area contributed by atoms with Gasteiger partial charge in [0.05, 0.1) is 27.6 Å². The molecule has 0 aliphatic heterocycles. The van der Waals surface area contributed by atoms with Crippen LogP contribution in [0.5, 0.6) is 0 Å². The lowest BCUT2D eigenvalue weighted by molar-refractivity contribution is 0.259. The lowest BCUT2D eigenvalue weighted by Gasteiger charge is -2.11. The van der Waals surface area contributed by atoms with Crippen molar-refractivity contribution in [3.8, 4) is 0 Å². The normalized spacial score (nSPS) is 11.3. The van der Waals surface area contributed by atoms with Gasteiger partial charge in [-0.1, -0.05) is 42.0 Å². The molecule has 0 saturated carbocycles. The summed E-state index contributed by atoms with van der Waals surface area (Å²) in [5, 5.41) is 28.7. The van der Waals surface area contributed by atoms with E-state index in [2.05, 4.69) is 90.0 Å². The van der Waals surface area contributed by atoms with Crippen LogP contribution in [0.25, 0.3) is 10.8 Å². The number of halogens is 1. The van der Waals surface area contributed by atoms with Crippen molar-refractivity contribution in [2.75, 3.05) is 27.4 Å². The van der Waals surface area contributed by atoms with Gasteiger partial charge < -0.3 is 33.2 Å². The predicted octanol–water partition coefficient (Wildman–Crippen LogP) is 11.8. The van der Waals surface area contributed by atoms with Gasteiger partial charge in [0.15, 0.2) is 9.84 Å². The minimum atomic E-state index is -3.56. The standard InChI is InChI=1S/C31H28ClN9O3S.C14H16N4/c1-5-45(43,44)23-9-6-21(7-10-23)34-30-37-28(32)38-31(39-30)35-22-8-11-25(27(15-22)36-29(33)42)40-41-26-16-24-18(3)12-17(2)13-20(24)14-19(26)4;1-9-3-5-11(6-4-9)17-18-14-7-10(2)12(15)8-13(14)16/h5-16H,1H2,2-4H3,(H3,33,36,42)(H2,34,35,37,38,39);3-8H,15-16H2,1-2H3. The number of nitrogens with one attached hydrogen (secondary N) is 3. The van der Waals surface area contributed by atoms with Crippen molar-refractivity contribution < 1.29 is 13.2 Å². The van der Waals surface area contributed by atoms with Gasteiger partial charge in [-0.05, 0) is 153 Å². The van der Waals surface area contributed by atoms with Crippen molar-refractivity contribution in [1.29, 1.82) is 0 Å². The van der Waals surface area contributed by atoms with Crippen molar-refractivity contribution in [3.05, 3.63) is 148 Å². The molecule has 0 radical (unpaired) electrons. The second kappa shape index (κ2) is 19.3. The third kappa shape index (κ3) is 11.7. The third-order valence-corrected chi connectivity index (χ3v) is 10.9. The molecule has 320 valence electrons. The molecule has 9 N–H and O–H groups in total. The van der Waals surface area contributed by atoms with Gasteiger partial charge in [-0.15, -0.1) is 10.2 Å². The Morgan fingerprint density at radius 1 is 0.651 bits per heavy atom. The second-order valence-corrected chi connectivity index (χ2v) is 16.6. The highest BCUT2D eigenvalue weighted by atomic mass is 35.5. The molecule has 16 nitrogen and oxygen atoms in total. The molecular formula is C45H44ClN13O3S. The fourth-order valence-electron chi connectivity index (χ4n) is 6.12. The van der Waals surface area contributed by atoms with E-state index in [9.17, 15) is 13.2 Å². The Labute approximate surface area is 369 Å². The molecule has 0 bridgehead atoms. The average molecular weight is 882 g/mol. The molecule has 0 unspecified atom stereocenters. The van der Waals surface area contributed by atoms with E-state index in [1.807, 2.05) is 57.2 Å². The molecule has 7 aromatic rings. The number of anilines is 7. The summed E-state index contributed by atoms with van der Waals surface area (Å²) in [5.74, 6) is 0.203. The molecule has 6 aromatic carbocycles. The van der Waals surface area contributed by atoms with Crippen molar-refractivity contribution >= 4 is 101 Å². The zero-order chi connectivity index (χ0) is 45.4. The summed E-state index contributed by atoms with van der Waals surface area (Å²) < 4.78 is 24.0. The number of nitrogens with two attached hydrogens (primary N) is 3. The molecule has 1 aromatic heterocycles. The van der Waals surface area contributed by atoms with Gasteiger partial charge in [-0.3, -0.25) is 0 Å². The van der Waals surface area contributed by atoms with Crippen LogP contribution in [0.4, 0.5) is 67.9 Å². The van der Waals surface area contributed by atoms with Crippen molar-refractivity contribution in [1.82, 2.24) is 15.0 Å². The van der Waals surface area contributed by atoms with Crippen LogP contribution < -0.4 is 33.2 Å². The molecule has 1 heterocycles. The number of carbonyl (C=O) groups excluding carboxylic acids is 1. The minimum absolute atomic E-state index is 0.0972. The van der Waals surface area contributed by atoms with Gasteiger partial charge in [0.25, 0.3) is 0 Å². The largest absolute Gasteiger partial charge is 0.398 e. The van der Waals surface area contributed by atoms with Crippen molar-refractivity contribution in [2.45, 2.75) is 39.5 Å². The van der Waals surface area contributed by atoms with E-state index >= 15 is 0 Å². The maximum atomic E-state index is 12.0. The van der Waals surface area contributed by atoms with Crippen LogP contribution in [-0.4, -0.2) is 29.4 Å². The lowest BCUT2D eigenvalue weighted by Crippen LogP contribution is -2.19. The summed E-state index contributed by atoms with van der Waals surface area (Å²) in [6, 6.07) is 29.8. The number of aryl methyl sites for hydroxylation is 5. The van der Waals surface area contributed by atoms with E-state index < -0.39 is 15.9 Å². The van der Waals surface area contributed by atoms with Gasteiger partial charge in [0, 0.05) is 22.5 Å². The number of amides is 2. The fraction of sp³-hybridized carbons (Fsp3) is 0.111. The highest BCUT2D eigenvalue weighted by molar-refractivity contribution is 7.94. The zero-order valence-corrected chi connectivity index (χ0v) is 36.5. The van der Waals surface area contributed by atoms with Gasteiger partial charge in [0.2, 0.25) is 17.2 Å². The highest BCUT2D eigenvalue weighted by Crippen LogP contribution is 2.34. The maximum Gasteiger partial charge on any atom is 0.316 e. The summed E-state index contributed by atoms with van der Waals surface area (Å²) in [6.45, 7) is 13.4. The highest BCUT2D eigenvalue weighted by Gasteiger charge is 2.13. The number of carbonyl (C=O) groups is 1. The van der Waals surface area contributed by atoms with Gasteiger partial charge in [-0.2, -0.15) is 25.2 Å². The Bertz CT molecular complexity index is 3030. The monoisotopic (exact) mass is 881 g/mol. The van der Waals surface area contributed by atoms with E-state index in [0.29, 0.717) is 45.5 Å². The molecule has 0 spiro atoms. The second-order valence-electron chi connectivity index (χ2n) is 14.4. The Balaban J connectivity index is 0.000000305. The molecule has 0 atom stereocenters. The van der Waals surface area contributed by atoms with Gasteiger partial charge >= 0.3 is 6.03 Å². The first-order chi connectivity index (χ1) is 30.0. The number of nitrogen functional groups attached to an aromatic ring is 2. The summed E-state index contributed by atoms with van der Waals surface area (Å²) in [5.41, 5.74) is 27.5. The van der Waals surface area contributed by atoms with Crippen LogP contribution in [0, 0.1) is 34.6 Å². The van der Waals surface area contributed by atoms with Crippen LogP contribution in [-0.2, 0) is 9.84 Å². The van der Waals surface area contributed by atoms with Crippen LogP contribution in [0.15, 0.2) is 140 Å². The van der Waals surface area contributed by atoms with E-state index in [1.165, 1.54) is 23.3 Å². The first-order valence-corrected chi connectivity index (χ1v) is 21.1. The van der Waals surface area contributed by atoms with Crippen molar-refractivity contribution in [3.63, 3.8) is 0 Å². The molecule has 0 saturated heterocycles. The number of rotatable bonds is 11. The number of primary amides is 1. The predicted molar refractivity (Wildman–Crippen MR) is 253 cm³/mol. The van der Waals surface area contributed by atoms with Crippen molar-refractivity contribution in [2.24, 2.45) is 26.2 Å². The summed E-state index contributed by atoms with van der Waals surface area (Å²) in [6.07, 6.45) is 0. The number of hydrogen-bond donors (Lipinski definition) is 6. The van der Waals surface area contributed by atoms with Crippen LogP contribution in [0.2, 0.25) is 5.28 Å². The molecule has 2 amide bonds. The SMILES string of the molecule is C=CS(=O)(=O)c1ccc(Nc2nc(Cl)nc(Nc3ccc(N=Nc4cc5c(C)cc(C)cc5cc4C)c(NC(N)=O)c3)n2)cc1.Cc1ccc(N=Nc2cc(C)c(N)cc2N)cc1. The molecule has 0 aliphatic rings. The third-order valence-electron chi connectivity index (χ3n) is 9.39. The Morgan fingerprint density at radius 3 is 1.95 bits per heavy atom. The molecule has 63 heavy (non-hydrogen) atoms. The molecular weight excluding hydrogens is 838 g/mol. The number of urea groups is 1. The Kier molecular flexibility index (Phi) is 13.7. The summed E-state index contributed by atoms with van der Waals surface area (Å²) >= 11 is 6.14. The molecule has 18 heteroatoms. The maximum absolute atomic E-state index is 12.0. The lowest BCUT2D eigenvalue weighted by atomic mass is 9.99. The first-order valence-electron chi connectivity index (χ1n) is 19.2. The number of benzene rings is 6. The Hall–Kier alpha value is -7.76. The zero-order valence-electron chi connectivity index (χ0n) is 35.0. The quantitative estimate of drug-likeness (QED) is 0.0529. The van der Waals surface area contributed by atoms with E-state index in [1.54, 1.807) is 36.4 Å². The topological polar surface area (TPSA) is 253 Å². The Morgan fingerprint density at radius 2 is 1.29 bits per heavy atom. The number of sulfone groups is 1. The average Bonchev–Trinajstić information content (AvgIpc) is 3.22. The smallest absolute Gasteiger partial charge is 0.316 e. The number of hydrogen-bond acceptors (Lipinski definition) is 14. The first kappa shape index (κ1) is 44.8. The number of azo groups is 2. The molecule has 0 fully saturated rings. The van der Waals surface area contributed by atoms with Crippen LogP contribution in [0.1, 0.15) is 27.8 Å². The fourth-order valence-corrected chi connectivity index (χ4v) is 6.98. The minimum Gasteiger partial charge on any atom is -0.398 e. The van der Waals surface area contributed by atoms with E-state index in [-0.39, 0.29) is 22.1 Å². The van der Waals surface area contributed by atoms with Gasteiger partial charge in [-0.25, -0.2) is 13.2 Å². The molecule has 7 rings (SSSR count). The molecule has 0 aliphatic carbocycles. The number of nitrogens with zero attached hydrogens (tertiary/aromatic N) is 7. The van der Waals surface area contributed by atoms with E-state index in [4.69, 9.17) is 28.8 Å². The van der Waals surface area contributed by atoms with Gasteiger partial charge in [0.1, 0.15) is 11.4 Å². The van der Waals surface area contributed by atoms with Crippen LogP contribution >= 0.6 is 11.6 Å².